The molecule has 0 aliphatic carbocycles. The zero-order valence-electron chi connectivity index (χ0n) is 8.71. The summed E-state index contributed by atoms with van der Waals surface area (Å²) in [6.45, 7) is 8.04. The van der Waals surface area contributed by atoms with Crippen molar-refractivity contribution in [1.29, 1.82) is 0 Å². The van der Waals surface area contributed by atoms with Gasteiger partial charge in [0.15, 0.2) is 0 Å². The van der Waals surface area contributed by atoms with E-state index in [1.54, 1.807) is 6.92 Å². The van der Waals surface area contributed by atoms with Crippen LogP contribution in [0.5, 0.6) is 0 Å². The number of carboxylic acids is 1. The molecule has 1 aliphatic heterocycles. The van der Waals surface area contributed by atoms with Gasteiger partial charge in [-0.05, 0) is 25.2 Å². The molecule has 0 bridgehead atoms. The summed E-state index contributed by atoms with van der Waals surface area (Å²) in [5, 5.41) is 8.79. The second-order valence-electron chi connectivity index (χ2n) is 4.13. The largest absolute Gasteiger partial charge is 0.480 e. The molecular formula is C10H19NO2. The minimum absolute atomic E-state index is 0.314. The molecule has 0 amide bonds. The number of rotatable bonds is 4. The molecule has 1 aliphatic rings. The van der Waals surface area contributed by atoms with Gasteiger partial charge in [0.1, 0.15) is 6.04 Å². The lowest BCUT2D eigenvalue weighted by atomic mass is 9.74. The van der Waals surface area contributed by atoms with Crippen molar-refractivity contribution in [3.63, 3.8) is 0 Å². The molecule has 0 spiro atoms. The van der Waals surface area contributed by atoms with Crippen molar-refractivity contribution in [3.05, 3.63) is 0 Å². The van der Waals surface area contributed by atoms with Gasteiger partial charge in [-0.3, -0.25) is 9.69 Å². The van der Waals surface area contributed by atoms with Crippen LogP contribution in [0.4, 0.5) is 0 Å². The molecule has 13 heavy (non-hydrogen) atoms. The fourth-order valence-electron chi connectivity index (χ4n) is 1.94. The van der Waals surface area contributed by atoms with E-state index in [4.69, 9.17) is 5.11 Å². The second-order valence-corrected chi connectivity index (χ2v) is 4.13. The molecule has 0 aromatic carbocycles. The zero-order chi connectivity index (χ0) is 10.1. The van der Waals surface area contributed by atoms with Crippen LogP contribution in [0.3, 0.4) is 0 Å². The first kappa shape index (κ1) is 10.5. The summed E-state index contributed by atoms with van der Waals surface area (Å²) in [7, 11) is 0. The van der Waals surface area contributed by atoms with Crippen molar-refractivity contribution in [2.45, 2.75) is 39.7 Å². The summed E-state index contributed by atoms with van der Waals surface area (Å²) >= 11 is 0. The van der Waals surface area contributed by atoms with Crippen molar-refractivity contribution in [2.24, 2.45) is 5.41 Å². The van der Waals surface area contributed by atoms with Crippen molar-refractivity contribution in [2.75, 3.05) is 13.1 Å². The van der Waals surface area contributed by atoms with Crippen molar-refractivity contribution in [3.8, 4) is 0 Å². The molecule has 1 N–H and O–H groups in total. The summed E-state index contributed by atoms with van der Waals surface area (Å²) in [6, 6.07) is -0.314. The molecule has 0 radical (unpaired) electrons. The highest BCUT2D eigenvalue weighted by atomic mass is 16.4. The summed E-state index contributed by atoms with van der Waals surface area (Å²) in [4.78, 5) is 12.7. The number of aliphatic carboxylic acids is 1. The van der Waals surface area contributed by atoms with Crippen LogP contribution in [-0.2, 0) is 4.79 Å². The van der Waals surface area contributed by atoms with Gasteiger partial charge in [-0.15, -0.1) is 0 Å². The Morgan fingerprint density at radius 1 is 1.46 bits per heavy atom. The quantitative estimate of drug-likeness (QED) is 0.723. The van der Waals surface area contributed by atoms with Crippen LogP contribution in [0.2, 0.25) is 0 Å². The first-order chi connectivity index (χ1) is 6.04. The predicted octanol–water partition coefficient (Wildman–Crippen LogP) is 1.58. The average Bonchev–Trinajstić information content (AvgIpc) is 2.04. The van der Waals surface area contributed by atoms with E-state index in [2.05, 4.69) is 13.8 Å². The van der Waals surface area contributed by atoms with E-state index in [1.165, 1.54) is 0 Å². The monoisotopic (exact) mass is 185 g/mol. The number of hydrogen-bond donors (Lipinski definition) is 1. The average molecular weight is 185 g/mol. The molecule has 1 unspecified atom stereocenters. The van der Waals surface area contributed by atoms with E-state index in [1.807, 2.05) is 4.90 Å². The first-order valence-electron chi connectivity index (χ1n) is 5.01. The lowest BCUT2D eigenvalue weighted by Gasteiger charge is -2.51. The smallest absolute Gasteiger partial charge is 0.320 e. The topological polar surface area (TPSA) is 40.5 Å². The van der Waals surface area contributed by atoms with Crippen LogP contribution in [0.25, 0.3) is 0 Å². The fraction of sp³-hybridized carbons (Fsp3) is 0.900. The Labute approximate surface area is 79.7 Å². The van der Waals surface area contributed by atoms with Gasteiger partial charge in [-0.1, -0.05) is 13.8 Å². The van der Waals surface area contributed by atoms with E-state index in [-0.39, 0.29) is 6.04 Å². The Hall–Kier alpha value is -0.570. The number of nitrogens with zero attached hydrogens (tertiary/aromatic N) is 1. The van der Waals surface area contributed by atoms with Gasteiger partial charge in [-0.25, -0.2) is 0 Å². The van der Waals surface area contributed by atoms with E-state index >= 15 is 0 Å². The Balaban J connectivity index is 2.44. The number of carbonyl (C=O) groups is 1. The SMILES string of the molecule is CCC1(CC)CN(C(C)C(=O)O)C1. The van der Waals surface area contributed by atoms with E-state index < -0.39 is 5.97 Å². The third kappa shape index (κ3) is 1.85. The molecule has 0 aromatic heterocycles. The third-order valence-electron chi connectivity index (χ3n) is 3.48. The summed E-state index contributed by atoms with van der Waals surface area (Å²) < 4.78 is 0. The van der Waals surface area contributed by atoms with E-state index in [0.717, 1.165) is 25.9 Å². The maximum absolute atomic E-state index is 10.7. The highest BCUT2D eigenvalue weighted by Gasteiger charge is 2.43. The van der Waals surface area contributed by atoms with Gasteiger partial charge >= 0.3 is 5.97 Å². The van der Waals surface area contributed by atoms with Crippen LogP contribution in [0, 0.1) is 5.41 Å². The minimum Gasteiger partial charge on any atom is -0.480 e. The number of carboxylic acid groups (broad SMARTS) is 1. The van der Waals surface area contributed by atoms with Crippen molar-refractivity contribution < 1.29 is 9.90 Å². The highest BCUT2D eigenvalue weighted by molar-refractivity contribution is 5.73. The van der Waals surface area contributed by atoms with Crippen molar-refractivity contribution in [1.82, 2.24) is 4.90 Å². The molecule has 3 heteroatoms. The molecule has 1 rings (SSSR count). The Morgan fingerprint density at radius 2 is 1.92 bits per heavy atom. The van der Waals surface area contributed by atoms with Gasteiger partial charge in [0.2, 0.25) is 0 Å². The molecule has 0 aromatic rings. The Morgan fingerprint density at radius 3 is 2.23 bits per heavy atom. The van der Waals surface area contributed by atoms with Gasteiger partial charge in [0.25, 0.3) is 0 Å². The fourth-order valence-corrected chi connectivity index (χ4v) is 1.94. The lowest BCUT2D eigenvalue weighted by Crippen LogP contribution is -2.60. The van der Waals surface area contributed by atoms with Gasteiger partial charge in [0.05, 0.1) is 0 Å². The molecule has 1 atom stereocenters. The predicted molar refractivity (Wildman–Crippen MR) is 51.7 cm³/mol. The Bertz CT molecular complexity index is 191. The maximum Gasteiger partial charge on any atom is 0.320 e. The van der Waals surface area contributed by atoms with Crippen molar-refractivity contribution >= 4 is 5.97 Å². The van der Waals surface area contributed by atoms with Crippen LogP contribution in [0.1, 0.15) is 33.6 Å². The van der Waals surface area contributed by atoms with Gasteiger partial charge in [-0.2, -0.15) is 0 Å². The van der Waals surface area contributed by atoms with E-state index in [0.29, 0.717) is 5.41 Å². The standard InChI is InChI=1S/C10H19NO2/c1-4-10(5-2)6-11(7-10)8(3)9(12)13/h8H,4-7H2,1-3H3,(H,12,13). The van der Waals surface area contributed by atoms with E-state index in [9.17, 15) is 4.79 Å². The molecule has 1 fully saturated rings. The molecule has 1 heterocycles. The molecular weight excluding hydrogens is 166 g/mol. The minimum atomic E-state index is -0.708. The lowest BCUT2D eigenvalue weighted by molar-refractivity contribution is -0.148. The Kier molecular flexibility index (Phi) is 2.96. The summed E-state index contributed by atoms with van der Waals surface area (Å²) in [5.74, 6) is -0.708. The van der Waals surface area contributed by atoms with Crippen LogP contribution in [0.15, 0.2) is 0 Å². The highest BCUT2D eigenvalue weighted by Crippen LogP contribution is 2.37. The number of hydrogen-bond acceptors (Lipinski definition) is 2. The zero-order valence-corrected chi connectivity index (χ0v) is 8.71. The summed E-state index contributed by atoms with van der Waals surface area (Å²) in [6.07, 6.45) is 2.32. The van der Waals surface area contributed by atoms with Crippen LogP contribution < -0.4 is 0 Å². The molecule has 76 valence electrons. The van der Waals surface area contributed by atoms with Gasteiger partial charge in [0, 0.05) is 13.1 Å². The summed E-state index contributed by atoms with van der Waals surface area (Å²) in [5.41, 5.74) is 0.406. The van der Waals surface area contributed by atoms with Crippen LogP contribution in [-0.4, -0.2) is 35.1 Å². The molecule has 0 saturated carbocycles. The maximum atomic E-state index is 10.7. The number of likely N-dealkylation sites (tertiary alicyclic amines) is 1. The van der Waals surface area contributed by atoms with Gasteiger partial charge < -0.3 is 5.11 Å². The normalized spacial score (nSPS) is 23.6. The molecule has 1 saturated heterocycles. The first-order valence-corrected chi connectivity index (χ1v) is 5.01. The second kappa shape index (κ2) is 3.66. The van der Waals surface area contributed by atoms with Crippen LogP contribution >= 0.6 is 0 Å². The molecule has 3 nitrogen and oxygen atoms in total. The third-order valence-corrected chi connectivity index (χ3v) is 3.48.